The fourth-order valence-corrected chi connectivity index (χ4v) is 5.48. The third-order valence-corrected chi connectivity index (χ3v) is 7.24. The number of halogens is 1. The molecule has 0 atom stereocenters. The molecule has 3 heterocycles. The molecule has 0 bridgehead atoms. The lowest BCUT2D eigenvalue weighted by Gasteiger charge is -2.14. The summed E-state index contributed by atoms with van der Waals surface area (Å²) in [6, 6.07) is 17.4. The first-order valence-corrected chi connectivity index (χ1v) is 11.8. The third-order valence-electron chi connectivity index (χ3n) is 5.39. The number of fused-ring (bicyclic) bond motifs is 1. The van der Waals surface area contributed by atoms with Gasteiger partial charge in [-0.2, -0.15) is 0 Å². The second-order valence-corrected chi connectivity index (χ2v) is 9.50. The first-order chi connectivity index (χ1) is 15.0. The number of hydrogen-bond acceptors (Lipinski definition) is 4. The van der Waals surface area contributed by atoms with E-state index in [-0.39, 0.29) is 5.82 Å². The van der Waals surface area contributed by atoms with E-state index in [1.165, 1.54) is 21.8 Å². The summed E-state index contributed by atoms with van der Waals surface area (Å²) in [5, 5.41) is 12.0. The Morgan fingerprint density at radius 3 is 2.71 bits per heavy atom. The van der Waals surface area contributed by atoms with E-state index in [4.69, 9.17) is 0 Å². The standard InChI is InChI=1S/C24H21FN4S2/c1-15-7-8-16(2)20(11-15)29-23(21-13-22-19(28(21)3)9-10-30-22)26-27-24(29)31-14-17-5-4-6-18(25)12-17/h4-13H,14H2,1-3H3. The number of aryl methyl sites for hydroxylation is 3. The Labute approximate surface area is 188 Å². The van der Waals surface area contributed by atoms with Gasteiger partial charge in [0, 0.05) is 12.8 Å². The number of thiophene rings is 1. The van der Waals surface area contributed by atoms with Crippen molar-refractivity contribution in [2.24, 2.45) is 7.05 Å². The van der Waals surface area contributed by atoms with Crippen molar-refractivity contribution in [3.05, 3.63) is 82.5 Å². The minimum atomic E-state index is -0.223. The molecule has 31 heavy (non-hydrogen) atoms. The molecule has 3 aromatic heterocycles. The van der Waals surface area contributed by atoms with Crippen molar-refractivity contribution in [1.82, 2.24) is 19.3 Å². The van der Waals surface area contributed by atoms with Gasteiger partial charge in [0.05, 0.1) is 21.6 Å². The van der Waals surface area contributed by atoms with Crippen LogP contribution in [0.3, 0.4) is 0 Å². The Morgan fingerprint density at radius 2 is 1.90 bits per heavy atom. The van der Waals surface area contributed by atoms with Gasteiger partial charge >= 0.3 is 0 Å². The first kappa shape index (κ1) is 20.0. The van der Waals surface area contributed by atoms with Crippen LogP contribution in [-0.4, -0.2) is 19.3 Å². The van der Waals surface area contributed by atoms with Gasteiger partial charge in [-0.1, -0.05) is 36.0 Å². The highest BCUT2D eigenvalue weighted by Crippen LogP contribution is 2.35. The largest absolute Gasteiger partial charge is 0.340 e. The molecule has 4 nitrogen and oxygen atoms in total. The molecule has 0 amide bonds. The van der Waals surface area contributed by atoms with Gasteiger partial charge in [-0.3, -0.25) is 4.57 Å². The van der Waals surface area contributed by atoms with Gasteiger partial charge in [0.2, 0.25) is 0 Å². The molecule has 0 unspecified atom stereocenters. The molecular weight excluding hydrogens is 427 g/mol. The van der Waals surface area contributed by atoms with E-state index >= 15 is 0 Å². The summed E-state index contributed by atoms with van der Waals surface area (Å²) < 4.78 is 19.2. The smallest absolute Gasteiger partial charge is 0.196 e. The highest BCUT2D eigenvalue weighted by molar-refractivity contribution is 7.98. The van der Waals surface area contributed by atoms with Crippen LogP contribution in [0.15, 0.2) is 65.1 Å². The van der Waals surface area contributed by atoms with Crippen molar-refractivity contribution in [2.75, 3.05) is 0 Å². The number of thioether (sulfide) groups is 1. The van der Waals surface area contributed by atoms with Gasteiger partial charge < -0.3 is 4.57 Å². The zero-order chi connectivity index (χ0) is 21.5. The number of aromatic nitrogens is 4. The summed E-state index contributed by atoms with van der Waals surface area (Å²) in [4.78, 5) is 0. The van der Waals surface area contributed by atoms with E-state index in [0.29, 0.717) is 5.75 Å². The molecule has 2 aromatic carbocycles. The van der Waals surface area contributed by atoms with Crippen LogP contribution in [0.1, 0.15) is 16.7 Å². The summed E-state index contributed by atoms with van der Waals surface area (Å²) >= 11 is 3.29. The molecule has 5 aromatic rings. The fraction of sp³-hybridized carbons (Fsp3) is 0.167. The lowest BCUT2D eigenvalue weighted by Crippen LogP contribution is -2.04. The molecule has 0 aliphatic rings. The van der Waals surface area contributed by atoms with E-state index < -0.39 is 0 Å². The van der Waals surface area contributed by atoms with E-state index in [2.05, 4.69) is 75.9 Å². The number of benzene rings is 2. The molecule has 0 aliphatic heterocycles. The van der Waals surface area contributed by atoms with Crippen LogP contribution in [0.5, 0.6) is 0 Å². The zero-order valence-electron chi connectivity index (χ0n) is 17.5. The third kappa shape index (κ3) is 3.68. The van der Waals surface area contributed by atoms with E-state index in [1.807, 2.05) is 6.07 Å². The van der Waals surface area contributed by atoms with Crippen LogP contribution < -0.4 is 0 Å². The van der Waals surface area contributed by atoms with Crippen molar-refractivity contribution in [3.63, 3.8) is 0 Å². The Kier molecular flexibility index (Phi) is 5.16. The Morgan fingerprint density at radius 1 is 1.03 bits per heavy atom. The van der Waals surface area contributed by atoms with Gasteiger partial charge in [0.25, 0.3) is 0 Å². The summed E-state index contributed by atoms with van der Waals surface area (Å²) in [5.41, 5.74) is 6.51. The molecule has 0 N–H and O–H groups in total. The normalized spacial score (nSPS) is 11.5. The van der Waals surface area contributed by atoms with Crippen molar-refractivity contribution in [2.45, 2.75) is 24.8 Å². The Balaban J connectivity index is 1.64. The molecule has 156 valence electrons. The molecule has 5 rings (SSSR count). The highest BCUT2D eigenvalue weighted by atomic mass is 32.2. The molecular formula is C24H21FN4S2. The van der Waals surface area contributed by atoms with E-state index in [0.717, 1.165) is 33.5 Å². The van der Waals surface area contributed by atoms with Crippen LogP contribution in [-0.2, 0) is 12.8 Å². The minimum Gasteiger partial charge on any atom is -0.340 e. The maximum atomic E-state index is 13.6. The van der Waals surface area contributed by atoms with Crippen LogP contribution >= 0.6 is 23.1 Å². The fourth-order valence-electron chi connectivity index (χ4n) is 3.75. The number of rotatable bonds is 5. The molecule has 0 aliphatic carbocycles. The predicted octanol–water partition coefficient (Wildman–Crippen LogP) is 6.54. The predicted molar refractivity (Wildman–Crippen MR) is 127 cm³/mol. The topological polar surface area (TPSA) is 35.6 Å². The number of nitrogens with zero attached hydrogens (tertiary/aromatic N) is 4. The van der Waals surface area contributed by atoms with Gasteiger partial charge in [-0.25, -0.2) is 4.39 Å². The van der Waals surface area contributed by atoms with Crippen molar-refractivity contribution >= 4 is 33.3 Å². The summed E-state index contributed by atoms with van der Waals surface area (Å²) in [6.45, 7) is 4.19. The SMILES string of the molecule is Cc1ccc(C)c(-n2c(SCc3cccc(F)c3)nnc2-c2cc3sccc3n2C)c1. The molecule has 7 heteroatoms. The van der Waals surface area contributed by atoms with E-state index in [1.54, 1.807) is 35.2 Å². The van der Waals surface area contributed by atoms with Crippen LogP contribution in [0.2, 0.25) is 0 Å². The summed E-state index contributed by atoms with van der Waals surface area (Å²) in [7, 11) is 2.06. The second kappa shape index (κ2) is 7.98. The van der Waals surface area contributed by atoms with Crippen molar-refractivity contribution < 1.29 is 4.39 Å². The van der Waals surface area contributed by atoms with Crippen molar-refractivity contribution in [3.8, 4) is 17.2 Å². The van der Waals surface area contributed by atoms with Gasteiger partial charge in [-0.15, -0.1) is 21.5 Å². The maximum absolute atomic E-state index is 13.6. The minimum absolute atomic E-state index is 0.223. The Bertz CT molecular complexity index is 1400. The highest BCUT2D eigenvalue weighted by Gasteiger charge is 2.21. The van der Waals surface area contributed by atoms with Gasteiger partial charge in [0.15, 0.2) is 11.0 Å². The maximum Gasteiger partial charge on any atom is 0.196 e. The molecule has 0 spiro atoms. The van der Waals surface area contributed by atoms with Crippen molar-refractivity contribution in [1.29, 1.82) is 0 Å². The summed E-state index contributed by atoms with van der Waals surface area (Å²) in [6.07, 6.45) is 0. The van der Waals surface area contributed by atoms with Crippen LogP contribution in [0.4, 0.5) is 4.39 Å². The summed E-state index contributed by atoms with van der Waals surface area (Å²) in [5.74, 6) is 1.20. The molecule has 0 saturated carbocycles. The van der Waals surface area contributed by atoms with Crippen LogP contribution in [0.25, 0.3) is 27.4 Å². The lowest BCUT2D eigenvalue weighted by molar-refractivity contribution is 0.626. The number of hydrogen-bond donors (Lipinski definition) is 0. The lowest BCUT2D eigenvalue weighted by atomic mass is 10.1. The Hall–Kier alpha value is -2.90. The molecule has 0 saturated heterocycles. The first-order valence-electron chi connectivity index (χ1n) is 9.95. The molecule has 0 fully saturated rings. The van der Waals surface area contributed by atoms with Gasteiger partial charge in [0.1, 0.15) is 5.82 Å². The average molecular weight is 449 g/mol. The van der Waals surface area contributed by atoms with Gasteiger partial charge in [-0.05, 0) is 66.2 Å². The average Bonchev–Trinajstić information content (AvgIpc) is 3.44. The monoisotopic (exact) mass is 448 g/mol. The zero-order valence-corrected chi connectivity index (χ0v) is 19.1. The quantitative estimate of drug-likeness (QED) is 0.287. The van der Waals surface area contributed by atoms with E-state index in [9.17, 15) is 4.39 Å². The second-order valence-electron chi connectivity index (χ2n) is 7.61. The molecule has 0 radical (unpaired) electrons. The van der Waals surface area contributed by atoms with Crippen LogP contribution in [0, 0.1) is 19.7 Å².